The highest BCUT2D eigenvalue weighted by atomic mass is 16.5. The van der Waals surface area contributed by atoms with Crippen LogP contribution in [0.1, 0.15) is 38.3 Å². The van der Waals surface area contributed by atoms with Crippen molar-refractivity contribution in [1.29, 1.82) is 0 Å². The monoisotopic (exact) mass is 250 g/mol. The predicted octanol–water partition coefficient (Wildman–Crippen LogP) is 2.82. The van der Waals surface area contributed by atoms with Crippen LogP contribution in [0.25, 0.3) is 0 Å². The van der Waals surface area contributed by atoms with E-state index in [1.807, 2.05) is 18.2 Å². The molecule has 2 N–H and O–H groups in total. The Morgan fingerprint density at radius 1 is 1.22 bits per heavy atom. The van der Waals surface area contributed by atoms with E-state index in [-0.39, 0.29) is 6.04 Å². The molecular weight excluding hydrogens is 224 g/mol. The highest BCUT2D eigenvalue weighted by Gasteiger charge is 2.11. The van der Waals surface area contributed by atoms with E-state index in [2.05, 4.69) is 24.8 Å². The maximum atomic E-state index is 6.28. The molecular formula is C15H26N2O. The second-order valence-corrected chi connectivity index (χ2v) is 4.68. The Labute approximate surface area is 111 Å². The third kappa shape index (κ3) is 4.67. The fourth-order valence-electron chi connectivity index (χ4n) is 2.18. The van der Waals surface area contributed by atoms with Crippen molar-refractivity contribution in [2.45, 2.75) is 32.7 Å². The first-order valence-electron chi connectivity index (χ1n) is 6.83. The van der Waals surface area contributed by atoms with Crippen LogP contribution >= 0.6 is 0 Å². The van der Waals surface area contributed by atoms with E-state index in [1.165, 1.54) is 12.8 Å². The summed E-state index contributed by atoms with van der Waals surface area (Å²) in [5, 5.41) is 0. The molecule has 0 spiro atoms. The fourth-order valence-corrected chi connectivity index (χ4v) is 2.18. The Morgan fingerprint density at radius 2 is 1.89 bits per heavy atom. The standard InChI is InChI=1S/C15H26N2O/c1-4-9-17(10-5-2)12-15(16)13-7-6-8-14(11-13)18-3/h6-8,11,15H,4-5,9-10,12,16H2,1-3H3. The minimum absolute atomic E-state index is 0.0539. The van der Waals surface area contributed by atoms with Crippen molar-refractivity contribution >= 4 is 0 Å². The minimum Gasteiger partial charge on any atom is -0.497 e. The molecule has 0 aliphatic rings. The van der Waals surface area contributed by atoms with Crippen molar-refractivity contribution in [3.8, 4) is 5.75 Å². The largest absolute Gasteiger partial charge is 0.497 e. The Bertz CT molecular complexity index is 335. The van der Waals surface area contributed by atoms with Crippen LogP contribution in [0.4, 0.5) is 0 Å². The zero-order valence-corrected chi connectivity index (χ0v) is 11.9. The maximum Gasteiger partial charge on any atom is 0.119 e. The summed E-state index contributed by atoms with van der Waals surface area (Å²) in [6, 6.07) is 8.10. The topological polar surface area (TPSA) is 38.5 Å². The van der Waals surface area contributed by atoms with Gasteiger partial charge in [0.15, 0.2) is 0 Å². The third-order valence-corrected chi connectivity index (χ3v) is 3.06. The molecule has 0 aliphatic heterocycles. The Hall–Kier alpha value is -1.06. The lowest BCUT2D eigenvalue weighted by atomic mass is 10.1. The van der Waals surface area contributed by atoms with E-state index in [0.29, 0.717) is 0 Å². The van der Waals surface area contributed by atoms with Crippen molar-refractivity contribution in [2.24, 2.45) is 5.73 Å². The third-order valence-electron chi connectivity index (χ3n) is 3.06. The maximum absolute atomic E-state index is 6.28. The van der Waals surface area contributed by atoms with Gasteiger partial charge in [0.2, 0.25) is 0 Å². The first kappa shape index (κ1) is 15.0. The van der Waals surface area contributed by atoms with Crippen molar-refractivity contribution < 1.29 is 4.74 Å². The number of hydrogen-bond donors (Lipinski definition) is 1. The molecule has 1 atom stereocenters. The van der Waals surface area contributed by atoms with Crippen LogP contribution in [0.3, 0.4) is 0 Å². The number of benzene rings is 1. The number of hydrogen-bond acceptors (Lipinski definition) is 3. The summed E-state index contributed by atoms with van der Waals surface area (Å²) in [5.41, 5.74) is 7.43. The van der Waals surface area contributed by atoms with Crippen molar-refractivity contribution in [1.82, 2.24) is 4.90 Å². The molecule has 1 aromatic rings. The van der Waals surface area contributed by atoms with Gasteiger partial charge in [-0.1, -0.05) is 26.0 Å². The van der Waals surface area contributed by atoms with Gasteiger partial charge in [0.25, 0.3) is 0 Å². The molecule has 0 aliphatic carbocycles. The van der Waals surface area contributed by atoms with Crippen LogP contribution in [0.5, 0.6) is 5.75 Å². The molecule has 3 nitrogen and oxygen atoms in total. The Balaban J connectivity index is 2.63. The second kappa shape index (κ2) is 8.11. The van der Waals surface area contributed by atoms with Gasteiger partial charge in [-0.05, 0) is 43.6 Å². The zero-order chi connectivity index (χ0) is 13.4. The summed E-state index contributed by atoms with van der Waals surface area (Å²) >= 11 is 0. The second-order valence-electron chi connectivity index (χ2n) is 4.68. The highest BCUT2D eigenvalue weighted by molar-refractivity contribution is 5.30. The fraction of sp³-hybridized carbons (Fsp3) is 0.600. The number of methoxy groups -OCH3 is 1. The van der Waals surface area contributed by atoms with Crippen LogP contribution in [0, 0.1) is 0 Å². The molecule has 0 heterocycles. The molecule has 1 aromatic carbocycles. The van der Waals surface area contributed by atoms with E-state index < -0.39 is 0 Å². The van der Waals surface area contributed by atoms with Crippen LogP contribution in [0.15, 0.2) is 24.3 Å². The lowest BCUT2D eigenvalue weighted by Crippen LogP contribution is -2.33. The van der Waals surface area contributed by atoms with E-state index >= 15 is 0 Å². The average molecular weight is 250 g/mol. The van der Waals surface area contributed by atoms with Gasteiger partial charge >= 0.3 is 0 Å². The lowest BCUT2D eigenvalue weighted by Gasteiger charge is -2.25. The molecule has 1 rings (SSSR count). The lowest BCUT2D eigenvalue weighted by molar-refractivity contribution is 0.258. The van der Waals surface area contributed by atoms with Gasteiger partial charge in [0.1, 0.15) is 5.75 Å². The molecule has 0 saturated carbocycles. The summed E-state index contributed by atoms with van der Waals surface area (Å²) in [4.78, 5) is 2.43. The molecule has 18 heavy (non-hydrogen) atoms. The normalized spacial score (nSPS) is 12.7. The summed E-state index contributed by atoms with van der Waals surface area (Å²) in [6.07, 6.45) is 2.34. The smallest absolute Gasteiger partial charge is 0.119 e. The van der Waals surface area contributed by atoms with Crippen molar-refractivity contribution in [3.05, 3.63) is 29.8 Å². The SMILES string of the molecule is CCCN(CCC)CC(N)c1cccc(OC)c1. The highest BCUT2D eigenvalue weighted by Crippen LogP contribution is 2.18. The molecule has 0 aromatic heterocycles. The number of ether oxygens (including phenoxy) is 1. The summed E-state index contributed by atoms with van der Waals surface area (Å²) in [7, 11) is 1.69. The predicted molar refractivity (Wildman–Crippen MR) is 76.9 cm³/mol. The Morgan fingerprint density at radius 3 is 2.44 bits per heavy atom. The number of rotatable bonds is 8. The molecule has 0 saturated heterocycles. The summed E-state index contributed by atoms with van der Waals surface area (Å²) < 4.78 is 5.24. The van der Waals surface area contributed by atoms with Gasteiger partial charge in [0, 0.05) is 12.6 Å². The quantitative estimate of drug-likeness (QED) is 0.771. The van der Waals surface area contributed by atoms with Gasteiger partial charge in [0.05, 0.1) is 7.11 Å². The van der Waals surface area contributed by atoms with Crippen LogP contribution in [0.2, 0.25) is 0 Å². The number of nitrogens with zero attached hydrogens (tertiary/aromatic N) is 1. The first-order valence-corrected chi connectivity index (χ1v) is 6.83. The molecule has 1 unspecified atom stereocenters. The molecule has 0 fully saturated rings. The minimum atomic E-state index is 0.0539. The summed E-state index contributed by atoms with van der Waals surface area (Å²) in [6.45, 7) is 7.56. The van der Waals surface area contributed by atoms with Gasteiger partial charge in [-0.25, -0.2) is 0 Å². The first-order chi connectivity index (χ1) is 8.71. The van der Waals surface area contributed by atoms with Crippen LogP contribution in [-0.4, -0.2) is 31.6 Å². The Kier molecular flexibility index (Phi) is 6.76. The van der Waals surface area contributed by atoms with E-state index in [4.69, 9.17) is 10.5 Å². The van der Waals surface area contributed by atoms with Crippen molar-refractivity contribution in [2.75, 3.05) is 26.7 Å². The molecule has 102 valence electrons. The number of nitrogens with two attached hydrogens (primary N) is 1. The molecule has 3 heteroatoms. The van der Waals surface area contributed by atoms with Crippen molar-refractivity contribution in [3.63, 3.8) is 0 Å². The average Bonchev–Trinajstić information content (AvgIpc) is 2.39. The van der Waals surface area contributed by atoms with Crippen LogP contribution in [-0.2, 0) is 0 Å². The summed E-state index contributed by atoms with van der Waals surface area (Å²) in [5.74, 6) is 0.875. The van der Waals surface area contributed by atoms with Gasteiger partial charge < -0.3 is 15.4 Å². The molecule has 0 amide bonds. The van der Waals surface area contributed by atoms with E-state index in [9.17, 15) is 0 Å². The van der Waals surface area contributed by atoms with Gasteiger partial charge in [-0.15, -0.1) is 0 Å². The van der Waals surface area contributed by atoms with Gasteiger partial charge in [-0.2, -0.15) is 0 Å². The molecule has 0 bridgehead atoms. The van der Waals surface area contributed by atoms with E-state index in [0.717, 1.165) is 30.9 Å². The zero-order valence-electron chi connectivity index (χ0n) is 11.9. The van der Waals surface area contributed by atoms with E-state index in [1.54, 1.807) is 7.11 Å². The molecule has 0 radical (unpaired) electrons. The van der Waals surface area contributed by atoms with Gasteiger partial charge in [-0.3, -0.25) is 0 Å². The van der Waals surface area contributed by atoms with Crippen LogP contribution < -0.4 is 10.5 Å².